The molecule has 4 nitrogen and oxygen atoms in total. The van der Waals surface area contributed by atoms with Crippen LogP contribution < -0.4 is 4.90 Å². The van der Waals surface area contributed by atoms with E-state index in [9.17, 15) is 9.59 Å². The molecule has 2 unspecified atom stereocenters. The minimum Gasteiger partial charge on any atom is -0.366 e. The van der Waals surface area contributed by atoms with Crippen LogP contribution >= 0.6 is 27.3 Å². The van der Waals surface area contributed by atoms with Gasteiger partial charge in [-0.15, -0.1) is 11.3 Å². The maximum absolute atomic E-state index is 13.4. The van der Waals surface area contributed by atoms with E-state index in [0.29, 0.717) is 28.8 Å². The highest BCUT2D eigenvalue weighted by molar-refractivity contribution is 9.10. The van der Waals surface area contributed by atoms with Gasteiger partial charge in [-0.2, -0.15) is 0 Å². The number of halogens is 1. The second-order valence-corrected chi connectivity index (χ2v) is 9.34. The van der Waals surface area contributed by atoms with E-state index in [0.717, 1.165) is 28.9 Å². The molecule has 2 atom stereocenters. The molecular weight excluding hydrogens is 424 g/mol. The predicted octanol–water partition coefficient (Wildman–Crippen LogP) is 4.77. The molecule has 2 aliphatic heterocycles. The Morgan fingerprint density at radius 1 is 1.04 bits per heavy atom. The molecule has 0 N–H and O–H groups in total. The molecule has 1 aromatic heterocycles. The highest BCUT2D eigenvalue weighted by Crippen LogP contribution is 2.38. The van der Waals surface area contributed by atoms with Crippen LogP contribution in [0.5, 0.6) is 0 Å². The summed E-state index contributed by atoms with van der Waals surface area (Å²) < 4.78 is 0.840. The van der Waals surface area contributed by atoms with Crippen LogP contribution in [0.25, 0.3) is 5.57 Å². The van der Waals surface area contributed by atoms with Gasteiger partial charge in [0, 0.05) is 22.4 Å². The summed E-state index contributed by atoms with van der Waals surface area (Å²) in [4.78, 5) is 31.1. The summed E-state index contributed by atoms with van der Waals surface area (Å²) in [7, 11) is 0. The van der Waals surface area contributed by atoms with Crippen molar-refractivity contribution in [2.24, 2.45) is 11.8 Å². The van der Waals surface area contributed by atoms with Crippen LogP contribution in [0.15, 0.2) is 51.9 Å². The standard InChI is InChI=1S/C21H21BrN2O2S/c1-13-9-14(2)12-23(11-13)19-18(17-7-4-8-27-17)20(25)24(21(19)26)16-6-3-5-15(22)10-16/h3-8,10,13-14H,9,11-12H2,1-2H3. The largest absolute Gasteiger partial charge is 0.366 e. The summed E-state index contributed by atoms with van der Waals surface area (Å²) in [6.07, 6.45) is 1.15. The Kier molecular flexibility index (Phi) is 4.95. The lowest BCUT2D eigenvalue weighted by atomic mass is 9.91. The zero-order valence-electron chi connectivity index (χ0n) is 15.3. The SMILES string of the molecule is CC1CC(C)CN(C2=C(c3cccs3)C(=O)N(c3cccc(Br)c3)C2=O)C1. The van der Waals surface area contributed by atoms with Crippen LogP contribution in [-0.2, 0) is 9.59 Å². The Labute approximate surface area is 171 Å². The van der Waals surface area contributed by atoms with E-state index >= 15 is 0 Å². The van der Waals surface area contributed by atoms with Gasteiger partial charge >= 0.3 is 0 Å². The minimum absolute atomic E-state index is 0.220. The van der Waals surface area contributed by atoms with Gasteiger partial charge in [-0.1, -0.05) is 41.9 Å². The highest BCUT2D eigenvalue weighted by atomic mass is 79.9. The number of rotatable bonds is 3. The molecule has 0 bridgehead atoms. The smallest absolute Gasteiger partial charge is 0.282 e. The number of likely N-dealkylation sites (tertiary alicyclic amines) is 1. The Morgan fingerprint density at radius 3 is 2.41 bits per heavy atom. The Bertz CT molecular complexity index is 912. The first-order valence-corrected chi connectivity index (χ1v) is 10.8. The van der Waals surface area contributed by atoms with Crippen molar-refractivity contribution in [2.75, 3.05) is 18.0 Å². The first kappa shape index (κ1) is 18.4. The monoisotopic (exact) mass is 444 g/mol. The number of carbonyl (C=O) groups excluding carboxylic acids is 2. The maximum atomic E-state index is 13.4. The molecule has 27 heavy (non-hydrogen) atoms. The van der Waals surface area contributed by atoms with Crippen molar-refractivity contribution in [3.63, 3.8) is 0 Å². The second-order valence-electron chi connectivity index (χ2n) is 7.48. The Balaban J connectivity index is 1.81. The number of nitrogens with zero attached hydrogens (tertiary/aromatic N) is 2. The first-order valence-electron chi connectivity index (χ1n) is 9.13. The van der Waals surface area contributed by atoms with Crippen LogP contribution in [0.1, 0.15) is 25.1 Å². The van der Waals surface area contributed by atoms with Crippen molar-refractivity contribution >= 4 is 50.3 Å². The molecule has 0 aliphatic carbocycles. The van der Waals surface area contributed by atoms with Crippen LogP contribution in [0, 0.1) is 11.8 Å². The van der Waals surface area contributed by atoms with E-state index in [1.807, 2.05) is 35.7 Å². The summed E-state index contributed by atoms with van der Waals surface area (Å²) in [6, 6.07) is 11.2. The number of imide groups is 1. The zero-order valence-corrected chi connectivity index (χ0v) is 17.7. The molecule has 2 aromatic rings. The number of hydrogen-bond donors (Lipinski definition) is 0. The molecule has 1 aromatic carbocycles. The fourth-order valence-electron chi connectivity index (χ4n) is 4.15. The molecule has 2 aliphatic rings. The number of carbonyl (C=O) groups is 2. The number of benzene rings is 1. The van der Waals surface area contributed by atoms with Crippen molar-refractivity contribution in [1.29, 1.82) is 0 Å². The van der Waals surface area contributed by atoms with Gasteiger partial charge in [0.15, 0.2) is 0 Å². The van der Waals surface area contributed by atoms with Gasteiger partial charge in [-0.3, -0.25) is 9.59 Å². The quantitative estimate of drug-likeness (QED) is 0.639. The first-order chi connectivity index (χ1) is 13.0. The topological polar surface area (TPSA) is 40.6 Å². The van der Waals surface area contributed by atoms with Gasteiger partial charge in [0.2, 0.25) is 0 Å². The lowest BCUT2D eigenvalue weighted by molar-refractivity contribution is -0.120. The van der Waals surface area contributed by atoms with E-state index in [4.69, 9.17) is 0 Å². The van der Waals surface area contributed by atoms with Gasteiger partial charge in [0.05, 0.1) is 11.3 Å². The Morgan fingerprint density at radius 2 is 1.78 bits per heavy atom. The number of thiophene rings is 1. The number of piperidine rings is 1. The molecular formula is C21H21BrN2O2S. The van der Waals surface area contributed by atoms with Crippen molar-refractivity contribution < 1.29 is 9.59 Å². The van der Waals surface area contributed by atoms with Gasteiger partial charge in [0.25, 0.3) is 11.8 Å². The number of anilines is 1. The van der Waals surface area contributed by atoms with Crippen molar-refractivity contribution in [3.05, 3.63) is 56.8 Å². The summed E-state index contributed by atoms with van der Waals surface area (Å²) >= 11 is 4.94. The van der Waals surface area contributed by atoms with Gasteiger partial charge in [-0.25, -0.2) is 4.90 Å². The molecule has 0 saturated carbocycles. The van der Waals surface area contributed by atoms with Crippen LogP contribution in [0.4, 0.5) is 5.69 Å². The van der Waals surface area contributed by atoms with Gasteiger partial charge in [0.1, 0.15) is 5.70 Å². The van der Waals surface area contributed by atoms with Crippen molar-refractivity contribution in [2.45, 2.75) is 20.3 Å². The molecule has 140 valence electrons. The number of amides is 2. The molecule has 0 radical (unpaired) electrons. The molecule has 6 heteroatoms. The molecule has 2 amide bonds. The van der Waals surface area contributed by atoms with Crippen LogP contribution in [0.3, 0.4) is 0 Å². The zero-order chi connectivity index (χ0) is 19.1. The van der Waals surface area contributed by atoms with E-state index in [-0.39, 0.29) is 11.8 Å². The summed E-state index contributed by atoms with van der Waals surface area (Å²) in [5, 5.41) is 1.95. The predicted molar refractivity (Wildman–Crippen MR) is 112 cm³/mol. The lowest BCUT2D eigenvalue weighted by Gasteiger charge is -2.37. The van der Waals surface area contributed by atoms with Crippen molar-refractivity contribution in [1.82, 2.24) is 4.90 Å². The van der Waals surface area contributed by atoms with Gasteiger partial charge in [-0.05, 0) is 47.9 Å². The number of hydrogen-bond acceptors (Lipinski definition) is 4. The van der Waals surface area contributed by atoms with Gasteiger partial charge < -0.3 is 4.90 Å². The maximum Gasteiger partial charge on any atom is 0.282 e. The average Bonchev–Trinajstić information content (AvgIpc) is 3.20. The average molecular weight is 445 g/mol. The van der Waals surface area contributed by atoms with E-state index < -0.39 is 0 Å². The fraction of sp³-hybridized carbons (Fsp3) is 0.333. The normalized spacial score (nSPS) is 23.5. The van der Waals surface area contributed by atoms with E-state index in [1.54, 1.807) is 6.07 Å². The Hall–Kier alpha value is -1.92. The lowest BCUT2D eigenvalue weighted by Crippen LogP contribution is -2.42. The molecule has 0 spiro atoms. The molecule has 3 heterocycles. The van der Waals surface area contributed by atoms with Crippen LogP contribution in [0.2, 0.25) is 0 Å². The van der Waals surface area contributed by atoms with E-state index in [1.165, 1.54) is 16.2 Å². The molecule has 1 fully saturated rings. The minimum atomic E-state index is -0.235. The van der Waals surface area contributed by atoms with Crippen LogP contribution in [-0.4, -0.2) is 29.8 Å². The van der Waals surface area contributed by atoms with Crippen molar-refractivity contribution in [3.8, 4) is 0 Å². The summed E-state index contributed by atoms with van der Waals surface area (Å²) in [5.74, 6) is 0.534. The summed E-state index contributed by atoms with van der Waals surface area (Å²) in [6.45, 7) is 6.03. The molecule has 4 rings (SSSR count). The highest BCUT2D eigenvalue weighted by Gasteiger charge is 2.44. The third-order valence-electron chi connectivity index (χ3n) is 5.08. The third kappa shape index (κ3) is 3.36. The fourth-order valence-corrected chi connectivity index (χ4v) is 5.30. The second kappa shape index (κ2) is 7.24. The summed E-state index contributed by atoms with van der Waals surface area (Å²) in [5.41, 5.74) is 1.69. The third-order valence-corrected chi connectivity index (χ3v) is 6.46. The molecule has 1 saturated heterocycles. The van der Waals surface area contributed by atoms with E-state index in [2.05, 4.69) is 34.7 Å².